The Labute approximate surface area is 114 Å². The molecule has 2 nitrogen and oxygen atoms in total. The highest BCUT2D eigenvalue weighted by molar-refractivity contribution is 7.99. The third-order valence-electron chi connectivity index (χ3n) is 1.98. The van der Waals surface area contributed by atoms with Crippen molar-refractivity contribution in [3.63, 3.8) is 0 Å². The number of rotatable bonds is 8. The lowest BCUT2D eigenvalue weighted by atomic mass is 10.6. The summed E-state index contributed by atoms with van der Waals surface area (Å²) in [5, 5.41) is 8.09. The van der Waals surface area contributed by atoms with E-state index in [1.165, 1.54) is 0 Å². The normalized spacial score (nSPS) is 10.4. The van der Waals surface area contributed by atoms with E-state index in [1.54, 1.807) is 22.7 Å². The van der Waals surface area contributed by atoms with E-state index in [0.717, 1.165) is 36.2 Å². The summed E-state index contributed by atoms with van der Waals surface area (Å²) in [4.78, 5) is 0. The third-order valence-corrected chi connectivity index (χ3v) is 4.22. The molecule has 2 aromatic rings. The van der Waals surface area contributed by atoms with Crippen molar-refractivity contribution >= 4 is 34.4 Å². The molecule has 0 aliphatic carbocycles. The predicted molar refractivity (Wildman–Crippen MR) is 77.0 cm³/mol. The lowest BCUT2D eigenvalue weighted by Crippen LogP contribution is -2.04. The van der Waals surface area contributed by atoms with Crippen molar-refractivity contribution in [2.45, 2.75) is 0 Å². The Hall–Kier alpha value is -0.650. The Morgan fingerprint density at radius 3 is 1.82 bits per heavy atom. The minimum Gasteiger partial charge on any atom is -0.492 e. The van der Waals surface area contributed by atoms with E-state index in [0.29, 0.717) is 0 Å². The minimum atomic E-state index is 0.764. The molecule has 0 aliphatic heterocycles. The molecule has 0 bridgehead atoms. The number of hydrogen-bond donors (Lipinski definition) is 0. The van der Waals surface area contributed by atoms with Gasteiger partial charge in [-0.15, -0.1) is 22.7 Å². The molecular formula is C12H14O2S3. The molecule has 0 unspecified atom stereocenters. The summed E-state index contributed by atoms with van der Waals surface area (Å²) >= 11 is 5.17. The van der Waals surface area contributed by atoms with E-state index < -0.39 is 0 Å². The van der Waals surface area contributed by atoms with Crippen LogP contribution in [0.4, 0.5) is 0 Å². The van der Waals surface area contributed by atoms with Crippen LogP contribution in [0.2, 0.25) is 0 Å². The van der Waals surface area contributed by atoms with Crippen LogP contribution in [0.3, 0.4) is 0 Å². The molecule has 17 heavy (non-hydrogen) atoms. The fraction of sp³-hybridized carbons (Fsp3) is 0.333. The van der Waals surface area contributed by atoms with Crippen LogP contribution in [0.1, 0.15) is 0 Å². The number of hydrogen-bond acceptors (Lipinski definition) is 5. The quantitative estimate of drug-likeness (QED) is 0.683. The molecule has 0 aromatic carbocycles. The largest absolute Gasteiger partial charge is 0.492 e. The molecule has 5 heteroatoms. The molecular weight excluding hydrogens is 272 g/mol. The van der Waals surface area contributed by atoms with Crippen LogP contribution < -0.4 is 9.47 Å². The molecule has 0 amide bonds. The highest BCUT2D eigenvalue weighted by atomic mass is 32.2. The van der Waals surface area contributed by atoms with Gasteiger partial charge < -0.3 is 9.47 Å². The molecule has 2 aromatic heterocycles. The second-order valence-electron chi connectivity index (χ2n) is 3.23. The Kier molecular flexibility index (Phi) is 5.75. The van der Waals surface area contributed by atoms with E-state index in [4.69, 9.17) is 9.47 Å². The van der Waals surface area contributed by atoms with Crippen LogP contribution >= 0.6 is 34.4 Å². The number of thioether (sulfide) groups is 1. The Morgan fingerprint density at radius 2 is 1.41 bits per heavy atom. The average Bonchev–Trinajstić information content (AvgIpc) is 3.00. The molecule has 0 aliphatic rings. The first-order valence-electron chi connectivity index (χ1n) is 5.33. The van der Waals surface area contributed by atoms with E-state index in [1.807, 2.05) is 45.4 Å². The zero-order valence-corrected chi connectivity index (χ0v) is 11.8. The second-order valence-corrected chi connectivity index (χ2v) is 6.01. The van der Waals surface area contributed by atoms with Crippen molar-refractivity contribution in [2.75, 3.05) is 24.7 Å². The number of ether oxygens (including phenoxy) is 2. The standard InChI is InChI=1S/C12H14O2S3/c1-5-16-9-11(1)13-3-7-15-8-4-14-12-2-6-17-10-12/h1-2,5-6,9-10H,3-4,7-8H2. The van der Waals surface area contributed by atoms with Gasteiger partial charge in [0, 0.05) is 22.3 Å². The first-order valence-corrected chi connectivity index (χ1v) is 8.37. The molecule has 2 heterocycles. The van der Waals surface area contributed by atoms with Crippen LogP contribution in [-0.2, 0) is 0 Å². The molecule has 2 rings (SSSR count). The molecule has 0 N–H and O–H groups in total. The van der Waals surface area contributed by atoms with Gasteiger partial charge in [-0.1, -0.05) is 0 Å². The molecule has 0 radical (unpaired) electrons. The van der Waals surface area contributed by atoms with Gasteiger partial charge in [0.1, 0.15) is 11.5 Å². The fourth-order valence-corrected chi connectivity index (χ4v) is 2.96. The van der Waals surface area contributed by atoms with Crippen LogP contribution in [0, 0.1) is 0 Å². The van der Waals surface area contributed by atoms with E-state index in [2.05, 4.69) is 0 Å². The average molecular weight is 286 g/mol. The lowest BCUT2D eigenvalue weighted by Gasteiger charge is -2.05. The van der Waals surface area contributed by atoms with E-state index >= 15 is 0 Å². The lowest BCUT2D eigenvalue weighted by molar-refractivity contribution is 0.341. The van der Waals surface area contributed by atoms with Gasteiger partial charge in [0.15, 0.2) is 0 Å². The zero-order chi connectivity index (χ0) is 11.8. The van der Waals surface area contributed by atoms with Gasteiger partial charge in [0.2, 0.25) is 0 Å². The summed E-state index contributed by atoms with van der Waals surface area (Å²) < 4.78 is 11.1. The van der Waals surface area contributed by atoms with Gasteiger partial charge in [0.25, 0.3) is 0 Å². The first-order chi connectivity index (χ1) is 8.45. The predicted octanol–water partition coefficient (Wildman–Crippen LogP) is 4.00. The molecule has 92 valence electrons. The summed E-state index contributed by atoms with van der Waals surface area (Å²) in [6.45, 7) is 1.53. The van der Waals surface area contributed by atoms with Crippen molar-refractivity contribution < 1.29 is 9.47 Å². The Bertz CT molecular complexity index is 346. The van der Waals surface area contributed by atoms with Gasteiger partial charge in [-0.05, 0) is 22.9 Å². The molecule has 0 saturated carbocycles. The second kappa shape index (κ2) is 7.63. The van der Waals surface area contributed by atoms with Crippen LogP contribution in [0.5, 0.6) is 11.5 Å². The SMILES string of the molecule is c1cc(OCCSCCOc2ccsc2)cs1. The summed E-state index contributed by atoms with van der Waals surface area (Å²) in [7, 11) is 0. The van der Waals surface area contributed by atoms with Crippen molar-refractivity contribution in [1.82, 2.24) is 0 Å². The minimum absolute atomic E-state index is 0.764. The van der Waals surface area contributed by atoms with Gasteiger partial charge in [-0.2, -0.15) is 11.8 Å². The monoisotopic (exact) mass is 286 g/mol. The maximum absolute atomic E-state index is 5.55. The fourth-order valence-electron chi connectivity index (χ4n) is 1.21. The third kappa shape index (κ3) is 5.02. The van der Waals surface area contributed by atoms with Gasteiger partial charge in [-0.25, -0.2) is 0 Å². The van der Waals surface area contributed by atoms with Crippen LogP contribution in [0.25, 0.3) is 0 Å². The summed E-state index contributed by atoms with van der Waals surface area (Å²) in [6.07, 6.45) is 0. The molecule has 0 atom stereocenters. The number of thiophene rings is 2. The first kappa shape index (κ1) is 12.8. The zero-order valence-electron chi connectivity index (χ0n) is 9.33. The van der Waals surface area contributed by atoms with Gasteiger partial charge >= 0.3 is 0 Å². The Balaban J connectivity index is 1.44. The maximum Gasteiger partial charge on any atom is 0.130 e. The Morgan fingerprint density at radius 1 is 0.882 bits per heavy atom. The summed E-state index contributed by atoms with van der Waals surface area (Å²) in [6, 6.07) is 3.99. The van der Waals surface area contributed by atoms with Gasteiger partial charge in [0.05, 0.1) is 13.2 Å². The van der Waals surface area contributed by atoms with Gasteiger partial charge in [-0.3, -0.25) is 0 Å². The molecule has 0 saturated heterocycles. The van der Waals surface area contributed by atoms with Crippen LogP contribution in [0.15, 0.2) is 33.7 Å². The topological polar surface area (TPSA) is 18.5 Å². The smallest absolute Gasteiger partial charge is 0.130 e. The highest BCUT2D eigenvalue weighted by Crippen LogP contribution is 2.16. The van der Waals surface area contributed by atoms with Crippen molar-refractivity contribution in [2.24, 2.45) is 0 Å². The van der Waals surface area contributed by atoms with Crippen molar-refractivity contribution in [1.29, 1.82) is 0 Å². The summed E-state index contributed by atoms with van der Waals surface area (Å²) in [5.74, 6) is 3.96. The van der Waals surface area contributed by atoms with Crippen molar-refractivity contribution in [3.05, 3.63) is 33.7 Å². The molecule has 0 fully saturated rings. The van der Waals surface area contributed by atoms with Crippen molar-refractivity contribution in [3.8, 4) is 11.5 Å². The highest BCUT2D eigenvalue weighted by Gasteiger charge is 1.95. The van der Waals surface area contributed by atoms with E-state index in [-0.39, 0.29) is 0 Å². The summed E-state index contributed by atoms with van der Waals surface area (Å²) in [5.41, 5.74) is 0. The van der Waals surface area contributed by atoms with Crippen LogP contribution in [-0.4, -0.2) is 24.7 Å². The maximum atomic E-state index is 5.55. The van der Waals surface area contributed by atoms with E-state index in [9.17, 15) is 0 Å². The molecule has 0 spiro atoms.